The Morgan fingerprint density at radius 3 is 2.42 bits per heavy atom. The van der Waals surface area contributed by atoms with Crippen LogP contribution >= 0.6 is 23.2 Å². The van der Waals surface area contributed by atoms with Crippen LogP contribution in [0.1, 0.15) is 0 Å². The van der Waals surface area contributed by atoms with Gasteiger partial charge in [-0.2, -0.15) is 0 Å². The first-order valence-electron chi connectivity index (χ1n) is 2.92. The average molecular weight is 207 g/mol. The Kier molecular flexibility index (Phi) is 2.40. The minimum Gasteiger partial charge on any atom is -0.397 e. The second kappa shape index (κ2) is 3.16. The van der Waals surface area contributed by atoms with Crippen molar-refractivity contribution in [2.75, 3.05) is 5.73 Å². The SMILES string of the molecule is Nc1ccc(Cl)c([N+](=O)[O-])c1Cl. The third-order valence-electron chi connectivity index (χ3n) is 1.28. The van der Waals surface area contributed by atoms with Gasteiger partial charge in [0.05, 0.1) is 10.6 Å². The number of nitrogens with zero attached hydrogens (tertiary/aromatic N) is 1. The first kappa shape index (κ1) is 9.09. The van der Waals surface area contributed by atoms with Crippen LogP contribution in [0.3, 0.4) is 0 Å². The maximum Gasteiger partial charge on any atom is 0.308 e. The van der Waals surface area contributed by atoms with Gasteiger partial charge in [-0.15, -0.1) is 0 Å². The standard InChI is InChI=1S/C6H4Cl2N2O2/c7-3-1-2-4(9)5(8)6(3)10(11)12/h1-2H,9H2. The summed E-state index contributed by atoms with van der Waals surface area (Å²) in [7, 11) is 0. The zero-order chi connectivity index (χ0) is 9.30. The van der Waals surface area contributed by atoms with Crippen LogP contribution in [0.2, 0.25) is 10.0 Å². The molecule has 2 N–H and O–H groups in total. The Bertz CT molecular complexity index is 341. The van der Waals surface area contributed by atoms with E-state index in [9.17, 15) is 10.1 Å². The predicted molar refractivity (Wildman–Crippen MR) is 47.5 cm³/mol. The number of anilines is 1. The molecular formula is C6H4Cl2N2O2. The maximum absolute atomic E-state index is 10.4. The van der Waals surface area contributed by atoms with E-state index in [1.807, 2.05) is 0 Å². The van der Waals surface area contributed by atoms with E-state index in [1.165, 1.54) is 12.1 Å². The molecule has 0 aromatic heterocycles. The van der Waals surface area contributed by atoms with Crippen molar-refractivity contribution >= 4 is 34.6 Å². The van der Waals surface area contributed by atoms with Crippen LogP contribution in [0.4, 0.5) is 11.4 Å². The van der Waals surface area contributed by atoms with Gasteiger partial charge in [0.1, 0.15) is 10.0 Å². The molecule has 0 fully saturated rings. The van der Waals surface area contributed by atoms with Crippen LogP contribution in [0, 0.1) is 10.1 Å². The zero-order valence-corrected chi connectivity index (χ0v) is 7.26. The highest BCUT2D eigenvalue weighted by molar-refractivity contribution is 6.39. The molecule has 0 aliphatic rings. The highest BCUT2D eigenvalue weighted by Gasteiger charge is 2.19. The summed E-state index contributed by atoms with van der Waals surface area (Å²) >= 11 is 11.1. The van der Waals surface area contributed by atoms with E-state index >= 15 is 0 Å². The highest BCUT2D eigenvalue weighted by Crippen LogP contribution is 2.36. The molecule has 1 aromatic rings. The van der Waals surface area contributed by atoms with E-state index in [0.29, 0.717) is 0 Å². The van der Waals surface area contributed by atoms with Gasteiger partial charge in [0.25, 0.3) is 0 Å². The summed E-state index contributed by atoms with van der Waals surface area (Å²) in [5.41, 5.74) is 5.13. The van der Waals surface area contributed by atoms with Crippen molar-refractivity contribution in [1.82, 2.24) is 0 Å². The Balaban J connectivity index is 3.43. The van der Waals surface area contributed by atoms with Gasteiger partial charge >= 0.3 is 5.69 Å². The number of nitro benzene ring substituents is 1. The fraction of sp³-hybridized carbons (Fsp3) is 0. The molecule has 12 heavy (non-hydrogen) atoms. The number of benzene rings is 1. The smallest absolute Gasteiger partial charge is 0.308 e. The van der Waals surface area contributed by atoms with Gasteiger partial charge in [0.2, 0.25) is 0 Å². The fourth-order valence-electron chi connectivity index (χ4n) is 0.724. The number of nitrogen functional groups attached to an aromatic ring is 1. The lowest BCUT2D eigenvalue weighted by Gasteiger charge is -1.99. The van der Waals surface area contributed by atoms with E-state index < -0.39 is 4.92 Å². The van der Waals surface area contributed by atoms with Gasteiger partial charge in [-0.1, -0.05) is 23.2 Å². The van der Waals surface area contributed by atoms with Crippen LogP contribution in [-0.2, 0) is 0 Å². The number of nitro groups is 1. The van der Waals surface area contributed by atoms with E-state index in [2.05, 4.69) is 0 Å². The lowest BCUT2D eigenvalue weighted by Crippen LogP contribution is -1.94. The lowest BCUT2D eigenvalue weighted by atomic mass is 10.3. The summed E-state index contributed by atoms with van der Waals surface area (Å²) in [6, 6.07) is 2.75. The van der Waals surface area contributed by atoms with Gasteiger partial charge < -0.3 is 5.73 Å². The van der Waals surface area contributed by atoms with Crippen molar-refractivity contribution in [3.05, 3.63) is 32.3 Å². The van der Waals surface area contributed by atoms with Crippen molar-refractivity contribution in [3.8, 4) is 0 Å². The largest absolute Gasteiger partial charge is 0.397 e. The molecule has 0 amide bonds. The first-order chi connectivity index (χ1) is 5.54. The van der Waals surface area contributed by atoms with Gasteiger partial charge in [-0.05, 0) is 12.1 Å². The molecule has 0 spiro atoms. The van der Waals surface area contributed by atoms with E-state index in [1.54, 1.807) is 0 Å². The monoisotopic (exact) mass is 206 g/mol. The van der Waals surface area contributed by atoms with Crippen molar-refractivity contribution in [1.29, 1.82) is 0 Å². The molecule has 0 saturated carbocycles. The molecular weight excluding hydrogens is 203 g/mol. The van der Waals surface area contributed by atoms with Gasteiger partial charge in [-0.25, -0.2) is 0 Å². The summed E-state index contributed by atoms with van der Waals surface area (Å²) in [6.45, 7) is 0. The second-order valence-electron chi connectivity index (χ2n) is 2.06. The number of hydrogen-bond donors (Lipinski definition) is 1. The van der Waals surface area contributed by atoms with Crippen LogP contribution in [0.25, 0.3) is 0 Å². The van der Waals surface area contributed by atoms with Crippen molar-refractivity contribution < 1.29 is 4.92 Å². The van der Waals surface area contributed by atoms with Crippen LogP contribution in [-0.4, -0.2) is 4.92 Å². The topological polar surface area (TPSA) is 69.2 Å². The van der Waals surface area contributed by atoms with Crippen LogP contribution < -0.4 is 5.73 Å². The summed E-state index contributed by atoms with van der Waals surface area (Å²) in [6.07, 6.45) is 0. The number of halogens is 2. The molecule has 6 heteroatoms. The first-order valence-corrected chi connectivity index (χ1v) is 3.67. The molecule has 1 aromatic carbocycles. The van der Waals surface area contributed by atoms with E-state index in [-0.39, 0.29) is 21.4 Å². The van der Waals surface area contributed by atoms with Gasteiger partial charge in [-0.3, -0.25) is 10.1 Å². The van der Waals surface area contributed by atoms with Crippen molar-refractivity contribution in [2.24, 2.45) is 0 Å². The molecule has 1 rings (SSSR count). The molecule has 0 bridgehead atoms. The number of rotatable bonds is 1. The second-order valence-corrected chi connectivity index (χ2v) is 2.84. The molecule has 0 radical (unpaired) electrons. The molecule has 0 aliphatic carbocycles. The molecule has 0 saturated heterocycles. The number of hydrogen-bond acceptors (Lipinski definition) is 3. The normalized spacial score (nSPS) is 9.83. The van der Waals surface area contributed by atoms with E-state index in [4.69, 9.17) is 28.9 Å². The quantitative estimate of drug-likeness (QED) is 0.436. The molecule has 0 heterocycles. The van der Waals surface area contributed by atoms with Crippen molar-refractivity contribution in [2.45, 2.75) is 0 Å². The molecule has 0 unspecified atom stereocenters. The predicted octanol–water partition coefficient (Wildman–Crippen LogP) is 2.48. The third-order valence-corrected chi connectivity index (χ3v) is 1.98. The Hall–Kier alpha value is -1.00. The van der Waals surface area contributed by atoms with Crippen LogP contribution in [0.5, 0.6) is 0 Å². The Morgan fingerprint density at radius 1 is 1.42 bits per heavy atom. The minimum absolute atomic E-state index is 0.0146. The lowest BCUT2D eigenvalue weighted by molar-refractivity contribution is -0.384. The average Bonchev–Trinajstić information content (AvgIpc) is 1.97. The van der Waals surface area contributed by atoms with Crippen molar-refractivity contribution in [3.63, 3.8) is 0 Å². The summed E-state index contributed by atoms with van der Waals surface area (Å²) in [5, 5.41) is 10.2. The molecule has 4 nitrogen and oxygen atoms in total. The summed E-state index contributed by atoms with van der Waals surface area (Å²) < 4.78 is 0. The van der Waals surface area contributed by atoms with Crippen LogP contribution in [0.15, 0.2) is 12.1 Å². The van der Waals surface area contributed by atoms with Gasteiger partial charge in [0.15, 0.2) is 0 Å². The zero-order valence-electron chi connectivity index (χ0n) is 5.75. The summed E-state index contributed by atoms with van der Waals surface area (Å²) in [4.78, 5) is 9.71. The Labute approximate surface area is 78.0 Å². The van der Waals surface area contributed by atoms with Gasteiger partial charge in [0, 0.05) is 0 Å². The molecule has 0 aliphatic heterocycles. The highest BCUT2D eigenvalue weighted by atomic mass is 35.5. The Morgan fingerprint density at radius 2 is 2.00 bits per heavy atom. The molecule has 0 atom stereocenters. The fourth-order valence-corrected chi connectivity index (χ4v) is 1.23. The summed E-state index contributed by atoms with van der Waals surface area (Å²) in [5.74, 6) is 0. The van der Waals surface area contributed by atoms with E-state index in [0.717, 1.165) is 0 Å². The maximum atomic E-state index is 10.4. The third kappa shape index (κ3) is 1.44. The minimum atomic E-state index is -0.666. The molecule has 64 valence electrons. The number of nitrogens with two attached hydrogens (primary N) is 1.